The Labute approximate surface area is 136 Å². The first-order valence-electron chi connectivity index (χ1n) is 8.40. The van der Waals surface area contributed by atoms with E-state index in [9.17, 15) is 9.59 Å². The average molecular weight is 316 g/mol. The monoisotopic (exact) mass is 316 g/mol. The van der Waals surface area contributed by atoms with Crippen LogP contribution in [0.5, 0.6) is 5.75 Å². The SMILES string of the molecule is COc1ccc(C(=O)NCCNC(=O)C2[C@@H]3CCCC[C@@H]23)cc1. The van der Waals surface area contributed by atoms with Gasteiger partial charge in [0, 0.05) is 24.6 Å². The molecule has 0 heterocycles. The smallest absolute Gasteiger partial charge is 0.251 e. The van der Waals surface area contributed by atoms with Gasteiger partial charge in [0.15, 0.2) is 0 Å². The van der Waals surface area contributed by atoms with Crippen molar-refractivity contribution >= 4 is 11.8 Å². The van der Waals surface area contributed by atoms with Crippen LogP contribution in [-0.4, -0.2) is 32.0 Å². The Balaban J connectivity index is 1.36. The van der Waals surface area contributed by atoms with E-state index < -0.39 is 0 Å². The quantitative estimate of drug-likeness (QED) is 0.789. The molecule has 5 nitrogen and oxygen atoms in total. The highest BCUT2D eigenvalue weighted by molar-refractivity contribution is 5.94. The molecule has 5 heteroatoms. The van der Waals surface area contributed by atoms with Gasteiger partial charge in [-0.3, -0.25) is 9.59 Å². The maximum Gasteiger partial charge on any atom is 0.251 e. The minimum absolute atomic E-state index is 0.137. The van der Waals surface area contributed by atoms with Crippen LogP contribution in [0.1, 0.15) is 36.0 Å². The van der Waals surface area contributed by atoms with Crippen molar-refractivity contribution < 1.29 is 14.3 Å². The first kappa shape index (κ1) is 15.8. The molecule has 3 rings (SSSR count). The predicted octanol–water partition coefficient (Wildman–Crippen LogP) is 1.98. The van der Waals surface area contributed by atoms with Crippen molar-refractivity contribution in [2.75, 3.05) is 20.2 Å². The number of benzene rings is 1. The van der Waals surface area contributed by atoms with Gasteiger partial charge in [0.05, 0.1) is 7.11 Å². The molecule has 2 atom stereocenters. The number of hydrogen-bond acceptors (Lipinski definition) is 3. The molecule has 2 N–H and O–H groups in total. The average Bonchev–Trinajstić information content (AvgIpc) is 3.33. The van der Waals surface area contributed by atoms with E-state index in [0.29, 0.717) is 30.5 Å². The number of carbonyl (C=O) groups excluding carboxylic acids is 2. The molecule has 124 valence electrons. The van der Waals surface area contributed by atoms with Crippen molar-refractivity contribution in [3.8, 4) is 5.75 Å². The van der Waals surface area contributed by atoms with Gasteiger partial charge in [0.1, 0.15) is 5.75 Å². The molecule has 0 unspecified atom stereocenters. The standard InChI is InChI=1S/C18H24N2O3/c1-23-13-8-6-12(7-9-13)17(21)19-10-11-20-18(22)16-14-4-2-3-5-15(14)16/h6-9,14-16H,2-5,10-11H2,1H3,(H,19,21)(H,20,22)/t14-,15-/m1/s1. The van der Waals surface area contributed by atoms with E-state index in [1.807, 2.05) is 0 Å². The van der Waals surface area contributed by atoms with Gasteiger partial charge in [-0.2, -0.15) is 0 Å². The summed E-state index contributed by atoms with van der Waals surface area (Å²) in [7, 11) is 1.59. The Morgan fingerprint density at radius 1 is 1.04 bits per heavy atom. The van der Waals surface area contributed by atoms with Crippen LogP contribution in [0.4, 0.5) is 0 Å². The Morgan fingerprint density at radius 3 is 2.26 bits per heavy atom. The Kier molecular flexibility index (Phi) is 4.84. The first-order valence-corrected chi connectivity index (χ1v) is 8.40. The molecule has 2 amide bonds. The van der Waals surface area contributed by atoms with E-state index in [-0.39, 0.29) is 17.7 Å². The zero-order valence-electron chi connectivity index (χ0n) is 13.5. The Morgan fingerprint density at radius 2 is 1.65 bits per heavy atom. The van der Waals surface area contributed by atoms with Gasteiger partial charge >= 0.3 is 0 Å². The molecule has 23 heavy (non-hydrogen) atoms. The number of rotatable bonds is 6. The lowest BCUT2D eigenvalue weighted by Gasteiger charge is -2.07. The predicted molar refractivity (Wildman–Crippen MR) is 87.3 cm³/mol. The Hall–Kier alpha value is -2.04. The second-order valence-corrected chi connectivity index (χ2v) is 6.41. The lowest BCUT2D eigenvalue weighted by Crippen LogP contribution is -2.35. The van der Waals surface area contributed by atoms with Crippen molar-refractivity contribution in [3.63, 3.8) is 0 Å². The number of nitrogens with one attached hydrogen (secondary N) is 2. The van der Waals surface area contributed by atoms with Crippen molar-refractivity contribution in [3.05, 3.63) is 29.8 Å². The van der Waals surface area contributed by atoms with Gasteiger partial charge in [-0.25, -0.2) is 0 Å². The normalized spacial score (nSPS) is 25.2. The minimum atomic E-state index is -0.137. The number of carbonyl (C=O) groups is 2. The molecule has 2 fully saturated rings. The number of amides is 2. The molecule has 0 aliphatic heterocycles. The summed E-state index contributed by atoms with van der Waals surface area (Å²) in [4.78, 5) is 24.1. The number of methoxy groups -OCH3 is 1. The molecule has 1 aromatic rings. The fourth-order valence-corrected chi connectivity index (χ4v) is 3.71. The molecule has 2 aliphatic carbocycles. The summed E-state index contributed by atoms with van der Waals surface area (Å²) in [5, 5.41) is 5.77. The molecule has 0 aromatic heterocycles. The second-order valence-electron chi connectivity index (χ2n) is 6.41. The first-order chi connectivity index (χ1) is 11.2. The van der Waals surface area contributed by atoms with E-state index in [4.69, 9.17) is 4.74 Å². The summed E-state index contributed by atoms with van der Waals surface area (Å²) in [5.74, 6) is 2.23. The molecule has 0 saturated heterocycles. The molecule has 0 radical (unpaired) electrons. The highest BCUT2D eigenvalue weighted by Gasteiger charge is 2.54. The summed E-state index contributed by atoms with van der Waals surface area (Å²) in [6, 6.07) is 6.96. The van der Waals surface area contributed by atoms with Crippen LogP contribution in [0, 0.1) is 17.8 Å². The molecule has 1 aromatic carbocycles. The van der Waals surface area contributed by atoms with Crippen LogP contribution in [-0.2, 0) is 4.79 Å². The van der Waals surface area contributed by atoms with Crippen LogP contribution in [0.2, 0.25) is 0 Å². The van der Waals surface area contributed by atoms with Gasteiger partial charge < -0.3 is 15.4 Å². The van der Waals surface area contributed by atoms with Crippen molar-refractivity contribution in [2.24, 2.45) is 17.8 Å². The van der Waals surface area contributed by atoms with Gasteiger partial charge in [0.2, 0.25) is 5.91 Å². The molecule has 0 bridgehead atoms. The summed E-state index contributed by atoms with van der Waals surface area (Å²) >= 11 is 0. The summed E-state index contributed by atoms with van der Waals surface area (Å²) in [6.07, 6.45) is 4.94. The number of hydrogen-bond donors (Lipinski definition) is 2. The summed E-state index contributed by atoms with van der Waals surface area (Å²) in [6.45, 7) is 0.926. The lowest BCUT2D eigenvalue weighted by molar-refractivity contribution is -0.122. The van der Waals surface area contributed by atoms with Crippen molar-refractivity contribution in [1.29, 1.82) is 0 Å². The molecule has 0 spiro atoms. The van der Waals surface area contributed by atoms with Crippen LogP contribution >= 0.6 is 0 Å². The van der Waals surface area contributed by atoms with Crippen molar-refractivity contribution in [1.82, 2.24) is 10.6 Å². The highest BCUT2D eigenvalue weighted by atomic mass is 16.5. The fourth-order valence-electron chi connectivity index (χ4n) is 3.71. The molecular weight excluding hydrogens is 292 g/mol. The molecule has 2 aliphatic rings. The summed E-state index contributed by atoms with van der Waals surface area (Å²) < 4.78 is 5.06. The number of fused-ring (bicyclic) bond motifs is 1. The van der Waals surface area contributed by atoms with Gasteiger partial charge in [0.25, 0.3) is 5.91 Å². The largest absolute Gasteiger partial charge is 0.497 e. The van der Waals surface area contributed by atoms with E-state index in [1.165, 1.54) is 25.7 Å². The Bertz CT molecular complexity index is 558. The van der Waals surface area contributed by atoms with E-state index >= 15 is 0 Å². The van der Waals surface area contributed by atoms with Crippen LogP contribution in [0.25, 0.3) is 0 Å². The maximum absolute atomic E-state index is 12.1. The van der Waals surface area contributed by atoms with Gasteiger partial charge in [-0.1, -0.05) is 12.8 Å². The lowest BCUT2D eigenvalue weighted by atomic mass is 10.0. The summed E-state index contributed by atoms with van der Waals surface area (Å²) in [5.41, 5.74) is 0.588. The number of ether oxygens (including phenoxy) is 1. The fraction of sp³-hybridized carbons (Fsp3) is 0.556. The van der Waals surface area contributed by atoms with Gasteiger partial charge in [-0.05, 0) is 48.9 Å². The van der Waals surface area contributed by atoms with Gasteiger partial charge in [-0.15, -0.1) is 0 Å². The maximum atomic E-state index is 12.1. The zero-order valence-corrected chi connectivity index (χ0v) is 13.5. The van der Waals surface area contributed by atoms with E-state index in [0.717, 1.165) is 5.75 Å². The van der Waals surface area contributed by atoms with Crippen molar-refractivity contribution in [2.45, 2.75) is 25.7 Å². The topological polar surface area (TPSA) is 67.4 Å². The molecule has 2 saturated carbocycles. The molecular formula is C18H24N2O3. The second kappa shape index (κ2) is 7.02. The van der Waals surface area contributed by atoms with E-state index in [2.05, 4.69) is 10.6 Å². The van der Waals surface area contributed by atoms with Crippen LogP contribution in [0.3, 0.4) is 0 Å². The third kappa shape index (κ3) is 3.66. The van der Waals surface area contributed by atoms with Crippen LogP contribution < -0.4 is 15.4 Å². The van der Waals surface area contributed by atoms with E-state index in [1.54, 1.807) is 31.4 Å². The zero-order chi connectivity index (χ0) is 16.2. The third-order valence-corrected chi connectivity index (χ3v) is 5.02. The third-order valence-electron chi connectivity index (χ3n) is 5.02. The minimum Gasteiger partial charge on any atom is -0.497 e. The highest BCUT2D eigenvalue weighted by Crippen LogP contribution is 2.55. The van der Waals surface area contributed by atoms with Crippen LogP contribution in [0.15, 0.2) is 24.3 Å².